The predicted octanol–water partition coefficient (Wildman–Crippen LogP) is 6.13. The van der Waals surface area contributed by atoms with Crippen LogP contribution in [0.3, 0.4) is 0 Å². The van der Waals surface area contributed by atoms with E-state index in [-0.39, 0.29) is 18.1 Å². The normalized spacial score (nSPS) is 17.9. The topological polar surface area (TPSA) is 50.4 Å². The third-order valence-corrected chi connectivity index (χ3v) is 6.20. The van der Waals surface area contributed by atoms with Crippen molar-refractivity contribution in [1.82, 2.24) is 10.6 Å². The minimum Gasteiger partial charge on any atom is -0.373 e. The number of hydrogen-bond acceptors (Lipinski definition) is 3. The van der Waals surface area contributed by atoms with Gasteiger partial charge in [-0.15, -0.1) is 0 Å². The molecular weight excluding hydrogens is 360 g/mol. The van der Waals surface area contributed by atoms with Gasteiger partial charge in [-0.1, -0.05) is 104 Å². The van der Waals surface area contributed by atoms with E-state index in [0.717, 1.165) is 32.5 Å². The fourth-order valence-corrected chi connectivity index (χ4v) is 4.24. The molecule has 4 heteroatoms. The molecular formula is C25H50N2O2. The molecule has 0 bridgehead atoms. The maximum absolute atomic E-state index is 12.2. The van der Waals surface area contributed by atoms with Crippen molar-refractivity contribution in [2.75, 3.05) is 19.7 Å². The van der Waals surface area contributed by atoms with Gasteiger partial charge in [-0.25, -0.2) is 0 Å². The third-order valence-electron chi connectivity index (χ3n) is 6.20. The first kappa shape index (κ1) is 26.4. The SMILES string of the molecule is CCCCCCCCCCCCCCCCCC(=O)N[C@H](CC)[C@H]1CNCCO1. The Bertz CT molecular complexity index is 370. The lowest BCUT2D eigenvalue weighted by Crippen LogP contribution is -2.51. The highest BCUT2D eigenvalue weighted by Crippen LogP contribution is 2.14. The number of carbonyl (C=O) groups is 1. The van der Waals surface area contributed by atoms with Crippen LogP contribution in [0.2, 0.25) is 0 Å². The molecule has 172 valence electrons. The van der Waals surface area contributed by atoms with Crippen LogP contribution in [-0.2, 0) is 9.53 Å². The van der Waals surface area contributed by atoms with Crippen molar-refractivity contribution in [2.45, 2.75) is 135 Å². The molecule has 29 heavy (non-hydrogen) atoms. The predicted molar refractivity (Wildman–Crippen MR) is 124 cm³/mol. The molecule has 1 aliphatic rings. The maximum atomic E-state index is 12.2. The minimum atomic E-state index is 0.124. The summed E-state index contributed by atoms with van der Waals surface area (Å²) in [5, 5.41) is 6.53. The Morgan fingerprint density at radius 1 is 0.862 bits per heavy atom. The Morgan fingerprint density at radius 2 is 1.38 bits per heavy atom. The fraction of sp³-hybridized carbons (Fsp3) is 0.960. The third kappa shape index (κ3) is 14.9. The molecule has 1 fully saturated rings. The molecule has 1 heterocycles. The summed E-state index contributed by atoms with van der Waals surface area (Å²) in [6.45, 7) is 6.91. The molecule has 1 aliphatic heterocycles. The highest BCUT2D eigenvalue weighted by molar-refractivity contribution is 5.76. The molecule has 1 rings (SSSR count). The van der Waals surface area contributed by atoms with Crippen molar-refractivity contribution in [1.29, 1.82) is 0 Å². The van der Waals surface area contributed by atoms with Crippen LogP contribution < -0.4 is 10.6 Å². The molecule has 0 aromatic heterocycles. The van der Waals surface area contributed by atoms with Crippen molar-refractivity contribution in [3.05, 3.63) is 0 Å². The average Bonchev–Trinajstić information content (AvgIpc) is 2.75. The van der Waals surface area contributed by atoms with Crippen LogP contribution in [0.4, 0.5) is 0 Å². The van der Waals surface area contributed by atoms with Gasteiger partial charge in [0.2, 0.25) is 5.91 Å². The van der Waals surface area contributed by atoms with Crippen molar-refractivity contribution < 1.29 is 9.53 Å². The number of ether oxygens (including phenoxy) is 1. The van der Waals surface area contributed by atoms with Crippen LogP contribution in [0.15, 0.2) is 0 Å². The van der Waals surface area contributed by atoms with E-state index in [1.165, 1.54) is 89.9 Å². The van der Waals surface area contributed by atoms with E-state index in [4.69, 9.17) is 4.74 Å². The second-order valence-electron chi connectivity index (χ2n) is 8.90. The van der Waals surface area contributed by atoms with Crippen molar-refractivity contribution in [2.24, 2.45) is 0 Å². The number of hydrogen-bond donors (Lipinski definition) is 2. The lowest BCUT2D eigenvalue weighted by Gasteiger charge is -2.31. The zero-order valence-corrected chi connectivity index (χ0v) is 19.6. The standard InChI is InChI=1S/C25H50N2O2/c1-3-5-6-7-8-9-10-11-12-13-14-15-16-17-18-19-25(28)27-23(4-2)24-22-26-20-21-29-24/h23-24,26H,3-22H2,1-2H3,(H,27,28)/t23-,24-/m1/s1. The number of unbranched alkanes of at least 4 members (excludes halogenated alkanes) is 14. The molecule has 0 spiro atoms. The zero-order chi connectivity index (χ0) is 21.0. The van der Waals surface area contributed by atoms with Gasteiger partial charge in [0.1, 0.15) is 0 Å². The first-order chi connectivity index (χ1) is 14.3. The minimum absolute atomic E-state index is 0.124. The molecule has 0 aromatic carbocycles. The van der Waals surface area contributed by atoms with Gasteiger partial charge in [0.05, 0.1) is 18.8 Å². The first-order valence-corrected chi connectivity index (χ1v) is 12.9. The second-order valence-corrected chi connectivity index (χ2v) is 8.90. The van der Waals surface area contributed by atoms with Crippen LogP contribution >= 0.6 is 0 Å². The van der Waals surface area contributed by atoms with Crippen LogP contribution in [-0.4, -0.2) is 37.7 Å². The van der Waals surface area contributed by atoms with Crippen LogP contribution in [0.5, 0.6) is 0 Å². The van der Waals surface area contributed by atoms with Gasteiger partial charge in [-0.3, -0.25) is 4.79 Å². The van der Waals surface area contributed by atoms with Crippen molar-refractivity contribution in [3.63, 3.8) is 0 Å². The first-order valence-electron chi connectivity index (χ1n) is 12.9. The van der Waals surface area contributed by atoms with E-state index in [0.29, 0.717) is 6.42 Å². The summed E-state index contributed by atoms with van der Waals surface area (Å²) in [6, 6.07) is 0.145. The number of carbonyl (C=O) groups excluding carboxylic acids is 1. The molecule has 1 saturated heterocycles. The number of rotatable bonds is 19. The quantitative estimate of drug-likeness (QED) is 0.252. The smallest absolute Gasteiger partial charge is 0.220 e. The van der Waals surface area contributed by atoms with Gasteiger partial charge >= 0.3 is 0 Å². The Hall–Kier alpha value is -0.610. The van der Waals surface area contributed by atoms with E-state index in [2.05, 4.69) is 24.5 Å². The molecule has 2 atom stereocenters. The van der Waals surface area contributed by atoms with Crippen molar-refractivity contribution in [3.8, 4) is 0 Å². The summed E-state index contributed by atoms with van der Waals surface area (Å²) in [4.78, 5) is 12.2. The lowest BCUT2D eigenvalue weighted by atomic mass is 10.0. The van der Waals surface area contributed by atoms with E-state index in [1.54, 1.807) is 0 Å². The summed E-state index contributed by atoms with van der Waals surface area (Å²) in [6.07, 6.45) is 22.1. The molecule has 4 nitrogen and oxygen atoms in total. The van der Waals surface area contributed by atoms with Crippen LogP contribution in [0.1, 0.15) is 123 Å². The highest BCUT2D eigenvalue weighted by Gasteiger charge is 2.24. The van der Waals surface area contributed by atoms with Crippen LogP contribution in [0.25, 0.3) is 0 Å². The molecule has 2 N–H and O–H groups in total. The van der Waals surface area contributed by atoms with E-state index in [9.17, 15) is 4.79 Å². The number of nitrogens with one attached hydrogen (secondary N) is 2. The van der Waals surface area contributed by atoms with Gasteiger partial charge in [-0.2, -0.15) is 0 Å². The average molecular weight is 411 g/mol. The maximum Gasteiger partial charge on any atom is 0.220 e. The monoisotopic (exact) mass is 410 g/mol. The van der Waals surface area contributed by atoms with Gasteiger partial charge < -0.3 is 15.4 Å². The molecule has 0 aliphatic carbocycles. The summed E-state index contributed by atoms with van der Waals surface area (Å²) in [5.74, 6) is 0.195. The fourth-order valence-electron chi connectivity index (χ4n) is 4.24. The zero-order valence-electron chi connectivity index (χ0n) is 19.6. The van der Waals surface area contributed by atoms with Gasteiger partial charge in [0.25, 0.3) is 0 Å². The molecule has 1 amide bonds. The van der Waals surface area contributed by atoms with Crippen molar-refractivity contribution >= 4 is 5.91 Å². The Labute approximate surface area is 181 Å². The Balaban J connectivity index is 1.84. The van der Waals surface area contributed by atoms with E-state index < -0.39 is 0 Å². The van der Waals surface area contributed by atoms with Gasteiger partial charge in [0.15, 0.2) is 0 Å². The Morgan fingerprint density at radius 3 is 1.83 bits per heavy atom. The summed E-state index contributed by atoms with van der Waals surface area (Å²) < 4.78 is 5.79. The largest absolute Gasteiger partial charge is 0.373 e. The highest BCUT2D eigenvalue weighted by atomic mass is 16.5. The molecule has 0 radical (unpaired) electrons. The lowest BCUT2D eigenvalue weighted by molar-refractivity contribution is -0.123. The van der Waals surface area contributed by atoms with Gasteiger partial charge in [0, 0.05) is 19.5 Å². The Kier molecular flexibility index (Phi) is 17.6. The summed E-state index contributed by atoms with van der Waals surface area (Å²) in [7, 11) is 0. The molecule has 0 unspecified atom stereocenters. The van der Waals surface area contributed by atoms with E-state index >= 15 is 0 Å². The summed E-state index contributed by atoms with van der Waals surface area (Å²) >= 11 is 0. The number of morpholine rings is 1. The second kappa shape index (κ2) is 19.4. The van der Waals surface area contributed by atoms with Gasteiger partial charge in [-0.05, 0) is 12.8 Å². The van der Waals surface area contributed by atoms with Crippen LogP contribution in [0, 0.1) is 0 Å². The molecule has 0 aromatic rings. The molecule has 0 saturated carbocycles. The number of amides is 1. The summed E-state index contributed by atoms with van der Waals surface area (Å²) in [5.41, 5.74) is 0. The van der Waals surface area contributed by atoms with E-state index in [1.807, 2.05) is 0 Å².